The molecule has 3 fully saturated rings. The number of fused-ring (bicyclic) bond motifs is 1. The summed E-state index contributed by atoms with van der Waals surface area (Å²) in [4.78, 5) is 15.6. The first-order chi connectivity index (χ1) is 14.3. The minimum Gasteiger partial charge on any atom is -0.379 e. The van der Waals surface area contributed by atoms with Gasteiger partial charge >= 0.3 is 0 Å². The monoisotopic (exact) mass is 391 g/mol. The van der Waals surface area contributed by atoms with E-state index in [9.17, 15) is 0 Å². The van der Waals surface area contributed by atoms with Gasteiger partial charge in [-0.1, -0.05) is 0 Å². The molecule has 0 amide bonds. The second kappa shape index (κ2) is 6.96. The van der Waals surface area contributed by atoms with Crippen LogP contribution in [-0.2, 0) is 11.3 Å². The van der Waals surface area contributed by atoms with Gasteiger partial charge in [0.15, 0.2) is 0 Å². The van der Waals surface area contributed by atoms with Gasteiger partial charge in [-0.25, -0.2) is 4.98 Å². The highest BCUT2D eigenvalue weighted by Crippen LogP contribution is 2.43. The smallest absolute Gasteiger partial charge is 0.112 e. The summed E-state index contributed by atoms with van der Waals surface area (Å²) < 4.78 is 8.05. The van der Waals surface area contributed by atoms with Crippen molar-refractivity contribution in [2.75, 3.05) is 26.3 Å². The lowest BCUT2D eigenvalue weighted by Gasteiger charge is -2.52. The van der Waals surface area contributed by atoms with Crippen LogP contribution in [0.5, 0.6) is 0 Å². The van der Waals surface area contributed by atoms with Crippen LogP contribution in [0.15, 0.2) is 30.7 Å². The number of rotatable bonds is 6. The summed E-state index contributed by atoms with van der Waals surface area (Å²) in [6, 6.07) is 4.18. The van der Waals surface area contributed by atoms with E-state index in [1.165, 1.54) is 44.3 Å². The zero-order valence-corrected chi connectivity index (χ0v) is 16.9. The Bertz CT molecular complexity index is 1010. The van der Waals surface area contributed by atoms with Gasteiger partial charge in [0.1, 0.15) is 5.82 Å². The lowest BCUT2D eigenvalue weighted by molar-refractivity contribution is -0.0615. The molecular weight excluding hydrogens is 362 g/mol. The number of H-pyrrole nitrogens is 1. The molecule has 0 spiro atoms. The Hall–Kier alpha value is -2.18. The van der Waals surface area contributed by atoms with Crippen molar-refractivity contribution < 1.29 is 4.74 Å². The Morgan fingerprint density at radius 2 is 2.07 bits per heavy atom. The summed E-state index contributed by atoms with van der Waals surface area (Å²) >= 11 is 0. The number of pyridine rings is 1. The Kier molecular flexibility index (Phi) is 4.24. The van der Waals surface area contributed by atoms with Crippen molar-refractivity contribution in [2.24, 2.45) is 0 Å². The summed E-state index contributed by atoms with van der Waals surface area (Å²) in [5.41, 5.74) is 4.63. The molecule has 152 valence electrons. The lowest BCUT2D eigenvalue weighted by atomic mass is 9.72. The molecule has 0 bridgehead atoms. The second-order valence-corrected chi connectivity index (χ2v) is 9.01. The molecule has 1 saturated heterocycles. The highest BCUT2D eigenvalue weighted by atomic mass is 16.5. The van der Waals surface area contributed by atoms with Crippen LogP contribution < -0.4 is 0 Å². The van der Waals surface area contributed by atoms with Crippen LogP contribution in [0.4, 0.5) is 0 Å². The molecular formula is C23H29N5O. The van der Waals surface area contributed by atoms with Crippen molar-refractivity contribution in [1.82, 2.24) is 24.4 Å². The third kappa shape index (κ3) is 3.19. The van der Waals surface area contributed by atoms with Crippen molar-refractivity contribution in [3.05, 3.63) is 36.5 Å². The number of ether oxygens (including phenoxy) is 1. The molecule has 6 nitrogen and oxygen atoms in total. The number of aromatic amines is 1. The number of nitrogens with one attached hydrogen (secondary N) is 1. The molecule has 0 radical (unpaired) electrons. The number of aryl methyl sites for hydroxylation is 1. The largest absolute Gasteiger partial charge is 0.379 e. The van der Waals surface area contributed by atoms with Crippen LogP contribution in [0.2, 0.25) is 0 Å². The molecule has 2 saturated carbocycles. The Morgan fingerprint density at radius 1 is 1.21 bits per heavy atom. The van der Waals surface area contributed by atoms with Gasteiger partial charge < -0.3 is 14.3 Å². The van der Waals surface area contributed by atoms with E-state index >= 15 is 0 Å². The van der Waals surface area contributed by atoms with E-state index in [4.69, 9.17) is 9.72 Å². The highest BCUT2D eigenvalue weighted by Gasteiger charge is 2.42. The lowest BCUT2D eigenvalue weighted by Crippen LogP contribution is -2.57. The first-order valence-corrected chi connectivity index (χ1v) is 11.1. The third-order valence-electron chi connectivity index (χ3n) is 7.23. The number of hydrogen-bond donors (Lipinski definition) is 1. The van der Waals surface area contributed by atoms with Crippen molar-refractivity contribution >= 4 is 11.0 Å². The first kappa shape index (κ1) is 17.7. The summed E-state index contributed by atoms with van der Waals surface area (Å²) in [6.45, 7) is 5.02. The normalized spacial score (nSPS) is 22.1. The van der Waals surface area contributed by atoms with Crippen molar-refractivity contribution in [2.45, 2.75) is 56.5 Å². The van der Waals surface area contributed by atoms with E-state index in [-0.39, 0.29) is 0 Å². The number of hydrogen-bond acceptors (Lipinski definition) is 4. The highest BCUT2D eigenvalue weighted by molar-refractivity contribution is 5.79. The third-order valence-corrected chi connectivity index (χ3v) is 7.23. The van der Waals surface area contributed by atoms with Crippen LogP contribution in [0.3, 0.4) is 0 Å². The molecule has 6 heteroatoms. The SMILES string of the molecule is c1cc2ncc(-c3cn(CCC4(N5CCOCC5)CCC4)c(C4CC4)n3)cc2[nH]1. The molecule has 0 aromatic carbocycles. The number of morpholine rings is 1. The average Bonchev–Trinajstić information content (AvgIpc) is 3.31. The number of nitrogens with zero attached hydrogens (tertiary/aromatic N) is 4. The second-order valence-electron chi connectivity index (χ2n) is 9.01. The predicted octanol–water partition coefficient (Wildman–Crippen LogP) is 3.95. The van der Waals surface area contributed by atoms with E-state index in [0.717, 1.165) is 55.1 Å². The first-order valence-electron chi connectivity index (χ1n) is 11.1. The van der Waals surface area contributed by atoms with Gasteiger partial charge in [-0.3, -0.25) is 9.88 Å². The minimum atomic E-state index is 0.389. The van der Waals surface area contributed by atoms with Gasteiger partial charge in [0.05, 0.1) is 29.9 Å². The topological polar surface area (TPSA) is 59.0 Å². The van der Waals surface area contributed by atoms with Crippen LogP contribution >= 0.6 is 0 Å². The molecule has 0 atom stereocenters. The Balaban J connectivity index is 1.26. The van der Waals surface area contributed by atoms with E-state index < -0.39 is 0 Å². The molecule has 3 aliphatic rings. The molecule has 6 rings (SSSR count). The summed E-state index contributed by atoms with van der Waals surface area (Å²) in [6.07, 6.45) is 14.0. The predicted molar refractivity (Wildman–Crippen MR) is 113 cm³/mol. The van der Waals surface area contributed by atoms with Crippen molar-refractivity contribution in [3.63, 3.8) is 0 Å². The summed E-state index contributed by atoms with van der Waals surface area (Å²) in [5.74, 6) is 1.93. The molecule has 29 heavy (non-hydrogen) atoms. The maximum absolute atomic E-state index is 5.60. The number of aromatic nitrogens is 4. The molecule has 4 heterocycles. The minimum absolute atomic E-state index is 0.389. The zero-order chi connectivity index (χ0) is 19.3. The molecule has 0 unspecified atom stereocenters. The summed E-state index contributed by atoms with van der Waals surface area (Å²) in [5, 5.41) is 0. The van der Waals surface area contributed by atoms with Crippen LogP contribution in [0.25, 0.3) is 22.3 Å². The molecule has 3 aromatic heterocycles. The number of imidazole rings is 1. The molecule has 2 aliphatic carbocycles. The van der Waals surface area contributed by atoms with Gasteiger partial charge in [-0.05, 0) is 50.7 Å². The quantitative estimate of drug-likeness (QED) is 0.691. The fourth-order valence-electron chi connectivity index (χ4n) is 5.17. The van der Waals surface area contributed by atoms with E-state index in [1.54, 1.807) is 0 Å². The van der Waals surface area contributed by atoms with E-state index in [2.05, 4.69) is 31.7 Å². The fourth-order valence-corrected chi connectivity index (χ4v) is 5.17. The van der Waals surface area contributed by atoms with Gasteiger partial charge in [-0.15, -0.1) is 0 Å². The van der Waals surface area contributed by atoms with Crippen LogP contribution in [0, 0.1) is 0 Å². The maximum atomic E-state index is 5.60. The van der Waals surface area contributed by atoms with Gasteiger partial charge in [-0.2, -0.15) is 0 Å². The molecule has 1 aliphatic heterocycles. The Morgan fingerprint density at radius 3 is 2.83 bits per heavy atom. The van der Waals surface area contributed by atoms with Crippen LogP contribution in [0.1, 0.15) is 50.3 Å². The van der Waals surface area contributed by atoms with Crippen LogP contribution in [-0.4, -0.2) is 56.3 Å². The zero-order valence-electron chi connectivity index (χ0n) is 16.9. The van der Waals surface area contributed by atoms with Gasteiger partial charge in [0, 0.05) is 55.2 Å². The summed E-state index contributed by atoms with van der Waals surface area (Å²) in [7, 11) is 0. The van der Waals surface area contributed by atoms with Gasteiger partial charge in [0.25, 0.3) is 0 Å². The van der Waals surface area contributed by atoms with E-state index in [0.29, 0.717) is 11.5 Å². The van der Waals surface area contributed by atoms with Crippen molar-refractivity contribution in [1.29, 1.82) is 0 Å². The molecule has 3 aromatic rings. The van der Waals surface area contributed by atoms with Crippen molar-refractivity contribution in [3.8, 4) is 11.3 Å². The van der Waals surface area contributed by atoms with E-state index in [1.807, 2.05) is 18.5 Å². The molecule has 1 N–H and O–H groups in total. The maximum Gasteiger partial charge on any atom is 0.112 e. The van der Waals surface area contributed by atoms with Gasteiger partial charge in [0.2, 0.25) is 0 Å². The average molecular weight is 392 g/mol. The standard InChI is InChI=1S/C23H29N5O/c1-5-23(6-1,28-10-12-29-13-11-28)7-9-27-16-21(26-22(27)17-2-3-17)18-14-20-19(25-15-18)4-8-24-20/h4,8,14-17,24H,1-3,5-7,9-13H2. The Labute approximate surface area is 171 Å². The fraction of sp³-hybridized carbons (Fsp3) is 0.565.